The summed E-state index contributed by atoms with van der Waals surface area (Å²) in [4.78, 5) is 11.0. The van der Waals surface area contributed by atoms with E-state index in [1.165, 1.54) is 12.1 Å². The summed E-state index contributed by atoms with van der Waals surface area (Å²) < 4.78 is 25.3. The Kier molecular flexibility index (Phi) is 7.88. The molecule has 4 rings (SSSR count). The number of allylic oxidation sites excluding steroid dienone is 3. The maximum Gasteiger partial charge on any atom is 0.168 e. The molecule has 0 amide bonds. The highest BCUT2D eigenvalue weighted by molar-refractivity contribution is 5.43. The highest BCUT2D eigenvalue weighted by Crippen LogP contribution is 2.38. The van der Waals surface area contributed by atoms with Crippen molar-refractivity contribution in [1.29, 1.82) is 0 Å². The minimum atomic E-state index is -0.249. The van der Waals surface area contributed by atoms with Crippen LogP contribution in [0, 0.1) is 5.82 Å². The van der Waals surface area contributed by atoms with Gasteiger partial charge < -0.3 is 14.4 Å². The summed E-state index contributed by atoms with van der Waals surface area (Å²) in [6.07, 6.45) is 8.43. The average molecular weight is 437 g/mol. The van der Waals surface area contributed by atoms with Crippen LogP contribution in [0.4, 0.5) is 4.39 Å². The van der Waals surface area contributed by atoms with Gasteiger partial charge in [-0.15, -0.1) is 0 Å². The minimum Gasteiger partial charge on any atom is -0.378 e. The van der Waals surface area contributed by atoms with Crippen LogP contribution < -0.4 is 0 Å². The first-order chi connectivity index (χ1) is 15.7. The topological polar surface area (TPSA) is 36.9 Å². The van der Waals surface area contributed by atoms with Gasteiger partial charge in [0.25, 0.3) is 0 Å². The van der Waals surface area contributed by atoms with E-state index in [9.17, 15) is 4.39 Å². The van der Waals surface area contributed by atoms with Crippen molar-refractivity contribution in [1.82, 2.24) is 0 Å². The summed E-state index contributed by atoms with van der Waals surface area (Å²) in [6, 6.07) is 16.6. The maximum absolute atomic E-state index is 13.3. The predicted octanol–water partition coefficient (Wildman–Crippen LogP) is 6.37. The zero-order valence-corrected chi connectivity index (χ0v) is 18.3. The molecule has 0 saturated heterocycles. The molecule has 0 spiro atoms. The van der Waals surface area contributed by atoms with Gasteiger partial charge in [0.2, 0.25) is 0 Å². The number of hydrogen-bond donors (Lipinski definition) is 0. The molecule has 5 heteroatoms. The lowest BCUT2D eigenvalue weighted by molar-refractivity contribution is -0.294. The molecule has 2 aromatic rings. The minimum absolute atomic E-state index is 0.220. The van der Waals surface area contributed by atoms with Crippen molar-refractivity contribution in [3.05, 3.63) is 107 Å². The van der Waals surface area contributed by atoms with E-state index in [0.29, 0.717) is 19.6 Å². The molecule has 0 N–H and O–H groups in total. The molecule has 0 radical (unpaired) electrons. The zero-order valence-electron chi connectivity index (χ0n) is 18.3. The molecule has 2 unspecified atom stereocenters. The Labute approximate surface area is 188 Å². The second-order valence-corrected chi connectivity index (χ2v) is 8.02. The monoisotopic (exact) mass is 436 g/mol. The van der Waals surface area contributed by atoms with Crippen molar-refractivity contribution in [2.45, 2.75) is 45.0 Å². The number of rotatable bonds is 10. The van der Waals surface area contributed by atoms with E-state index < -0.39 is 0 Å². The van der Waals surface area contributed by atoms with Gasteiger partial charge >= 0.3 is 0 Å². The largest absolute Gasteiger partial charge is 0.378 e. The molecule has 32 heavy (non-hydrogen) atoms. The van der Waals surface area contributed by atoms with Gasteiger partial charge in [0, 0.05) is 18.6 Å². The van der Waals surface area contributed by atoms with E-state index >= 15 is 0 Å². The van der Waals surface area contributed by atoms with E-state index in [1.54, 1.807) is 12.1 Å². The van der Waals surface area contributed by atoms with Crippen molar-refractivity contribution >= 4 is 0 Å². The van der Waals surface area contributed by atoms with Crippen molar-refractivity contribution in [2.24, 2.45) is 0 Å². The maximum atomic E-state index is 13.3. The fourth-order valence-corrected chi connectivity index (χ4v) is 3.75. The predicted molar refractivity (Wildman–Crippen MR) is 121 cm³/mol. The number of benzene rings is 2. The second kappa shape index (κ2) is 11.2. The molecule has 0 aromatic heterocycles. The van der Waals surface area contributed by atoms with Gasteiger partial charge in [0.15, 0.2) is 5.76 Å². The number of hydrogen-bond acceptors (Lipinski definition) is 4. The third-order valence-electron chi connectivity index (χ3n) is 5.50. The Balaban J connectivity index is 1.48. The third kappa shape index (κ3) is 5.94. The van der Waals surface area contributed by atoms with E-state index in [0.717, 1.165) is 47.5 Å². The molecular weight excluding hydrogens is 407 g/mol. The van der Waals surface area contributed by atoms with E-state index in [1.807, 2.05) is 30.4 Å². The fraction of sp³-hybridized carbons (Fsp3) is 0.333. The van der Waals surface area contributed by atoms with Crippen LogP contribution in [0.15, 0.2) is 89.7 Å². The first kappa shape index (κ1) is 22.5. The highest BCUT2D eigenvalue weighted by Gasteiger charge is 2.27. The van der Waals surface area contributed by atoms with Crippen molar-refractivity contribution in [3.63, 3.8) is 0 Å². The quantitative estimate of drug-likeness (QED) is 0.320. The van der Waals surface area contributed by atoms with Crippen LogP contribution >= 0.6 is 0 Å². The highest BCUT2D eigenvalue weighted by atomic mass is 19.1. The van der Waals surface area contributed by atoms with E-state index in [4.69, 9.17) is 19.2 Å². The van der Waals surface area contributed by atoms with Gasteiger partial charge in [-0.3, -0.25) is 0 Å². The van der Waals surface area contributed by atoms with Gasteiger partial charge in [-0.05, 0) is 47.4 Å². The smallest absolute Gasteiger partial charge is 0.168 e. The number of fused-ring (bicyclic) bond motifs is 1. The summed E-state index contributed by atoms with van der Waals surface area (Å²) in [7, 11) is 0. The fourth-order valence-electron chi connectivity index (χ4n) is 3.75. The molecule has 1 heterocycles. The van der Waals surface area contributed by atoms with Crippen molar-refractivity contribution in [3.8, 4) is 0 Å². The van der Waals surface area contributed by atoms with Crippen LogP contribution in [-0.2, 0) is 25.9 Å². The summed E-state index contributed by atoms with van der Waals surface area (Å²) in [5.41, 5.74) is 4.21. The molecular formula is C27H29FO4. The molecule has 2 atom stereocenters. The van der Waals surface area contributed by atoms with Gasteiger partial charge in [0.1, 0.15) is 18.0 Å². The van der Waals surface area contributed by atoms with Crippen molar-refractivity contribution < 1.29 is 23.6 Å². The molecule has 0 saturated carbocycles. The normalized spacial score (nSPS) is 18.7. The lowest BCUT2D eigenvalue weighted by Gasteiger charge is -2.29. The molecule has 0 fully saturated rings. The standard InChI is InChI=1S/C27H29FO4/c1-2-3-15-29-19-25-17-23-16-22(11-14-26(23)32-31-25)27(21-7-5-4-6-8-21)30-18-20-9-12-24(28)13-10-20/h4-14,17,25,27H,2-3,15-16,18-19H2,1H3. The Hall–Kier alpha value is -2.73. The van der Waals surface area contributed by atoms with E-state index in [2.05, 4.69) is 25.1 Å². The number of halogens is 1. The zero-order chi connectivity index (χ0) is 22.2. The first-order valence-electron chi connectivity index (χ1n) is 11.2. The Morgan fingerprint density at radius 2 is 1.88 bits per heavy atom. The Morgan fingerprint density at radius 3 is 2.66 bits per heavy atom. The van der Waals surface area contributed by atoms with Crippen LogP contribution in [0.3, 0.4) is 0 Å². The summed E-state index contributed by atoms with van der Waals surface area (Å²) in [5.74, 6) is 0.476. The molecule has 4 nitrogen and oxygen atoms in total. The average Bonchev–Trinajstić information content (AvgIpc) is 2.83. The Bertz CT molecular complexity index is 963. The van der Waals surface area contributed by atoms with Crippen LogP contribution in [0.1, 0.15) is 43.4 Å². The molecule has 1 aliphatic carbocycles. The lowest BCUT2D eigenvalue weighted by atomic mass is 9.90. The van der Waals surface area contributed by atoms with E-state index in [-0.39, 0.29) is 18.0 Å². The summed E-state index contributed by atoms with van der Waals surface area (Å²) in [5, 5.41) is 0. The van der Waals surface area contributed by atoms with Gasteiger partial charge in [0.05, 0.1) is 13.2 Å². The molecule has 2 aliphatic rings. The molecule has 1 aliphatic heterocycles. The van der Waals surface area contributed by atoms with Gasteiger partial charge in [-0.1, -0.05) is 61.9 Å². The molecule has 2 aromatic carbocycles. The lowest BCUT2D eigenvalue weighted by Crippen LogP contribution is -2.24. The number of ether oxygens (including phenoxy) is 2. The first-order valence-corrected chi connectivity index (χ1v) is 11.2. The van der Waals surface area contributed by atoms with Crippen molar-refractivity contribution in [2.75, 3.05) is 13.2 Å². The summed E-state index contributed by atoms with van der Waals surface area (Å²) >= 11 is 0. The van der Waals surface area contributed by atoms with Crippen LogP contribution in [0.25, 0.3) is 0 Å². The molecule has 168 valence electrons. The van der Waals surface area contributed by atoms with Crippen LogP contribution in [-0.4, -0.2) is 19.3 Å². The third-order valence-corrected chi connectivity index (χ3v) is 5.50. The second-order valence-electron chi connectivity index (χ2n) is 8.02. The van der Waals surface area contributed by atoms with Crippen LogP contribution in [0.2, 0.25) is 0 Å². The van der Waals surface area contributed by atoms with Gasteiger partial charge in [-0.25, -0.2) is 4.39 Å². The van der Waals surface area contributed by atoms with Gasteiger partial charge in [-0.2, -0.15) is 4.89 Å². The molecule has 0 bridgehead atoms. The Morgan fingerprint density at radius 1 is 1.06 bits per heavy atom. The summed E-state index contributed by atoms with van der Waals surface area (Å²) in [6.45, 7) is 3.72. The SMILES string of the molecule is CCCCOCC1C=C2CC(C(OCc3ccc(F)cc3)c3ccccc3)=CC=C2OO1. The number of unbranched alkanes of at least 4 members (excludes halogenated alkanes) is 1. The van der Waals surface area contributed by atoms with Crippen LogP contribution in [0.5, 0.6) is 0 Å².